The molecule has 0 bridgehead atoms. The second-order valence-corrected chi connectivity index (χ2v) is 9.30. The second-order valence-electron chi connectivity index (χ2n) is 6.87. The molecule has 11 heteroatoms. The van der Waals surface area contributed by atoms with Gasteiger partial charge in [0, 0.05) is 19.6 Å². The number of ether oxygens (including phenoxy) is 1. The minimum absolute atomic E-state index is 0.0968. The zero-order valence-electron chi connectivity index (χ0n) is 17.3. The summed E-state index contributed by atoms with van der Waals surface area (Å²) in [5.74, 6) is 1.71. The number of anilines is 1. The highest BCUT2D eigenvalue weighted by atomic mass is 32.2. The fraction of sp³-hybridized carbons (Fsp3) is 0.526. The maximum absolute atomic E-state index is 12.5. The van der Waals surface area contributed by atoms with Crippen molar-refractivity contribution in [2.75, 3.05) is 43.5 Å². The summed E-state index contributed by atoms with van der Waals surface area (Å²) in [4.78, 5) is 29.2. The van der Waals surface area contributed by atoms with E-state index in [0.29, 0.717) is 31.2 Å². The van der Waals surface area contributed by atoms with Gasteiger partial charge < -0.3 is 15.0 Å². The van der Waals surface area contributed by atoms with Crippen molar-refractivity contribution in [1.82, 2.24) is 30.0 Å². The van der Waals surface area contributed by atoms with Crippen LogP contribution in [-0.2, 0) is 11.3 Å². The van der Waals surface area contributed by atoms with Gasteiger partial charge in [0.2, 0.25) is 0 Å². The number of fused-ring (bicyclic) bond motifs is 1. The molecule has 1 fully saturated rings. The Morgan fingerprint density at radius 1 is 1.27 bits per heavy atom. The predicted molar refractivity (Wildman–Crippen MR) is 119 cm³/mol. The first-order valence-electron chi connectivity index (χ1n) is 9.98. The molecule has 0 radical (unpaired) electrons. The van der Waals surface area contributed by atoms with Crippen molar-refractivity contribution in [3.63, 3.8) is 0 Å². The van der Waals surface area contributed by atoms with Gasteiger partial charge in [-0.2, -0.15) is 5.10 Å². The number of aromatic nitrogens is 5. The van der Waals surface area contributed by atoms with Crippen LogP contribution in [0.15, 0.2) is 11.4 Å². The van der Waals surface area contributed by atoms with Crippen molar-refractivity contribution in [1.29, 1.82) is 0 Å². The Balaban J connectivity index is 1.53. The molecule has 1 amide bonds. The molecule has 1 saturated heterocycles. The maximum atomic E-state index is 12.5. The Labute approximate surface area is 183 Å². The molecular formula is C19H25N7O2S2. The number of morpholine rings is 1. The maximum Gasteiger partial charge on any atom is 0.263 e. The lowest BCUT2D eigenvalue weighted by molar-refractivity contribution is 0.0955. The van der Waals surface area contributed by atoms with E-state index in [2.05, 4.69) is 27.2 Å². The molecule has 0 aliphatic carbocycles. The molecule has 0 unspecified atom stereocenters. The van der Waals surface area contributed by atoms with Crippen LogP contribution in [0.2, 0.25) is 0 Å². The lowest BCUT2D eigenvalue weighted by Crippen LogP contribution is -2.37. The van der Waals surface area contributed by atoms with E-state index in [1.807, 2.05) is 24.7 Å². The third kappa shape index (κ3) is 4.42. The van der Waals surface area contributed by atoms with Gasteiger partial charge in [0.1, 0.15) is 10.7 Å². The molecule has 0 atom stereocenters. The van der Waals surface area contributed by atoms with Crippen LogP contribution in [0, 0.1) is 13.8 Å². The number of carbonyl (C=O) groups excluding carboxylic acids is 1. The third-order valence-corrected chi connectivity index (χ3v) is 6.56. The standard InChI is InChI=1S/C19H25N7O2S2/c1-4-29-19-23-16(25-7-9-28-10-8-25)14-11-21-26(17(14)24-19)6-5-20-18(27)15-12(2)22-13(3)30-15/h11H,4-10H2,1-3H3,(H,20,27). The summed E-state index contributed by atoms with van der Waals surface area (Å²) in [7, 11) is 0. The average Bonchev–Trinajstić information content (AvgIpc) is 3.30. The van der Waals surface area contributed by atoms with Gasteiger partial charge in [0.15, 0.2) is 10.8 Å². The van der Waals surface area contributed by atoms with E-state index in [-0.39, 0.29) is 5.91 Å². The average molecular weight is 448 g/mol. The van der Waals surface area contributed by atoms with Crippen LogP contribution < -0.4 is 10.2 Å². The minimum atomic E-state index is -0.0968. The Kier molecular flexibility index (Phi) is 6.49. The molecule has 3 aromatic rings. The quantitative estimate of drug-likeness (QED) is 0.435. The van der Waals surface area contributed by atoms with Crippen LogP contribution in [0.4, 0.5) is 5.82 Å². The molecule has 0 saturated carbocycles. The van der Waals surface area contributed by atoms with E-state index >= 15 is 0 Å². The number of nitrogens with one attached hydrogen (secondary N) is 1. The summed E-state index contributed by atoms with van der Waals surface area (Å²) in [5, 5.41) is 10.1. The zero-order valence-corrected chi connectivity index (χ0v) is 19.0. The van der Waals surface area contributed by atoms with Gasteiger partial charge in [-0.05, 0) is 19.6 Å². The SMILES string of the molecule is CCSc1nc(N2CCOCC2)c2cnn(CCNC(=O)c3sc(C)nc3C)c2n1. The number of carbonyl (C=O) groups is 1. The number of thioether (sulfide) groups is 1. The van der Waals surface area contributed by atoms with Crippen molar-refractivity contribution in [2.45, 2.75) is 32.5 Å². The van der Waals surface area contributed by atoms with Crippen molar-refractivity contribution in [3.8, 4) is 0 Å². The van der Waals surface area contributed by atoms with E-state index in [0.717, 1.165) is 51.6 Å². The monoisotopic (exact) mass is 447 g/mol. The smallest absolute Gasteiger partial charge is 0.263 e. The molecule has 1 aliphatic heterocycles. The van der Waals surface area contributed by atoms with Gasteiger partial charge in [-0.1, -0.05) is 18.7 Å². The first-order valence-corrected chi connectivity index (χ1v) is 11.8. The number of rotatable bonds is 7. The minimum Gasteiger partial charge on any atom is -0.378 e. The molecular weight excluding hydrogens is 422 g/mol. The van der Waals surface area contributed by atoms with Crippen molar-refractivity contribution in [2.24, 2.45) is 0 Å². The van der Waals surface area contributed by atoms with Gasteiger partial charge in [0.05, 0.1) is 42.0 Å². The van der Waals surface area contributed by atoms with E-state index in [9.17, 15) is 4.79 Å². The highest BCUT2D eigenvalue weighted by Crippen LogP contribution is 2.27. The second kappa shape index (κ2) is 9.27. The summed E-state index contributed by atoms with van der Waals surface area (Å²) in [5.41, 5.74) is 1.56. The van der Waals surface area contributed by atoms with Gasteiger partial charge in [-0.15, -0.1) is 11.3 Å². The molecule has 9 nitrogen and oxygen atoms in total. The highest BCUT2D eigenvalue weighted by Gasteiger charge is 2.20. The van der Waals surface area contributed by atoms with Crippen molar-refractivity contribution < 1.29 is 9.53 Å². The first kappa shape index (κ1) is 21.0. The van der Waals surface area contributed by atoms with Gasteiger partial charge >= 0.3 is 0 Å². The van der Waals surface area contributed by atoms with E-state index in [4.69, 9.17) is 14.7 Å². The van der Waals surface area contributed by atoms with E-state index in [1.54, 1.807) is 11.8 Å². The summed E-state index contributed by atoms with van der Waals surface area (Å²) in [6, 6.07) is 0. The number of nitrogens with zero attached hydrogens (tertiary/aromatic N) is 6. The Morgan fingerprint density at radius 3 is 2.77 bits per heavy atom. The fourth-order valence-electron chi connectivity index (χ4n) is 3.39. The molecule has 4 heterocycles. The van der Waals surface area contributed by atoms with Crippen LogP contribution in [0.5, 0.6) is 0 Å². The van der Waals surface area contributed by atoms with Crippen molar-refractivity contribution >= 4 is 45.9 Å². The van der Waals surface area contributed by atoms with E-state index in [1.165, 1.54) is 11.3 Å². The van der Waals surface area contributed by atoms with E-state index < -0.39 is 0 Å². The number of hydrogen-bond acceptors (Lipinski definition) is 9. The lowest BCUT2D eigenvalue weighted by atomic mass is 10.3. The Bertz CT molecular complexity index is 1040. The number of hydrogen-bond donors (Lipinski definition) is 1. The summed E-state index contributed by atoms with van der Waals surface area (Å²) in [6.45, 7) is 9.83. The van der Waals surface area contributed by atoms with Crippen LogP contribution >= 0.6 is 23.1 Å². The van der Waals surface area contributed by atoms with Gasteiger partial charge in [-0.3, -0.25) is 4.79 Å². The number of aryl methyl sites for hydroxylation is 2. The van der Waals surface area contributed by atoms with Crippen LogP contribution in [0.25, 0.3) is 11.0 Å². The zero-order chi connectivity index (χ0) is 21.1. The molecule has 3 aromatic heterocycles. The van der Waals surface area contributed by atoms with Gasteiger partial charge in [-0.25, -0.2) is 19.6 Å². The number of thiazole rings is 1. The lowest BCUT2D eigenvalue weighted by Gasteiger charge is -2.28. The normalized spacial score (nSPS) is 14.4. The Hall–Kier alpha value is -2.24. The summed E-state index contributed by atoms with van der Waals surface area (Å²) in [6.07, 6.45) is 1.82. The molecule has 0 aromatic carbocycles. The third-order valence-electron chi connectivity index (χ3n) is 4.76. The van der Waals surface area contributed by atoms with Gasteiger partial charge in [0.25, 0.3) is 5.91 Å². The topological polar surface area (TPSA) is 98.1 Å². The molecule has 0 spiro atoms. The van der Waals surface area contributed by atoms with Crippen LogP contribution in [0.3, 0.4) is 0 Å². The molecule has 1 aliphatic rings. The molecule has 1 N–H and O–H groups in total. The highest BCUT2D eigenvalue weighted by molar-refractivity contribution is 7.99. The molecule has 4 rings (SSSR count). The summed E-state index contributed by atoms with van der Waals surface area (Å²) < 4.78 is 7.32. The number of amides is 1. The Morgan fingerprint density at radius 2 is 2.07 bits per heavy atom. The van der Waals surface area contributed by atoms with Crippen molar-refractivity contribution in [3.05, 3.63) is 21.8 Å². The fourth-order valence-corrected chi connectivity index (χ4v) is 4.79. The largest absolute Gasteiger partial charge is 0.378 e. The van der Waals surface area contributed by atoms with Crippen LogP contribution in [0.1, 0.15) is 27.3 Å². The summed E-state index contributed by atoms with van der Waals surface area (Å²) >= 11 is 3.03. The first-order chi connectivity index (χ1) is 14.6. The molecule has 160 valence electrons. The van der Waals surface area contributed by atoms with Crippen LogP contribution in [-0.4, -0.2) is 69.2 Å². The molecule has 30 heavy (non-hydrogen) atoms. The predicted octanol–water partition coefficient (Wildman–Crippen LogP) is 2.28.